The first-order valence-corrected chi connectivity index (χ1v) is 6.31. The number of hydrogen-bond donors (Lipinski definition) is 1. The van der Waals surface area contributed by atoms with E-state index in [9.17, 15) is 9.90 Å². The Morgan fingerprint density at radius 1 is 1.35 bits per heavy atom. The van der Waals surface area contributed by atoms with Crippen molar-refractivity contribution in [2.45, 2.75) is 26.4 Å². The molecule has 20 heavy (non-hydrogen) atoms. The number of nitrogens with zero attached hydrogens (tertiary/aromatic N) is 2. The maximum atomic E-state index is 11.9. The maximum absolute atomic E-state index is 11.9. The van der Waals surface area contributed by atoms with Gasteiger partial charge in [-0.15, -0.1) is 0 Å². The van der Waals surface area contributed by atoms with E-state index in [4.69, 9.17) is 14.9 Å². The van der Waals surface area contributed by atoms with Crippen molar-refractivity contribution in [3.05, 3.63) is 52.5 Å². The van der Waals surface area contributed by atoms with Crippen molar-refractivity contribution in [3.63, 3.8) is 0 Å². The van der Waals surface area contributed by atoms with Crippen LogP contribution >= 0.6 is 0 Å². The molecule has 0 spiro atoms. The van der Waals surface area contributed by atoms with E-state index in [0.29, 0.717) is 6.42 Å². The van der Waals surface area contributed by atoms with Gasteiger partial charge >= 0.3 is 17.6 Å². The van der Waals surface area contributed by atoms with Gasteiger partial charge in [-0.25, -0.2) is 4.79 Å². The Morgan fingerprint density at radius 3 is 2.50 bits per heavy atom. The van der Waals surface area contributed by atoms with Gasteiger partial charge in [0.05, 0.1) is 6.61 Å². The second kappa shape index (κ2) is 7.79. The Morgan fingerprint density at radius 2 is 2.00 bits per heavy atom. The molecular weight excluding hydrogens is 260 g/mol. The summed E-state index contributed by atoms with van der Waals surface area (Å²) in [6, 6.07) is 9.16. The molecule has 0 aliphatic rings. The van der Waals surface area contributed by atoms with E-state index in [0.717, 1.165) is 5.56 Å². The van der Waals surface area contributed by atoms with Crippen LogP contribution in [0.1, 0.15) is 31.9 Å². The quantitative estimate of drug-likeness (QED) is 0.373. The predicted octanol–water partition coefficient (Wildman–Crippen LogP) is 3.30. The molecule has 6 heteroatoms. The molecule has 0 saturated heterocycles. The minimum atomic E-state index is -0.950. The highest BCUT2D eigenvalue weighted by atomic mass is 16.6. The minimum absolute atomic E-state index is 0.133. The fraction of sp³-hybridized carbons (Fsp3) is 0.357. The topological polar surface area (TPSA) is 83.9 Å². The van der Waals surface area contributed by atoms with Crippen molar-refractivity contribution in [3.8, 4) is 0 Å². The summed E-state index contributed by atoms with van der Waals surface area (Å²) in [5.41, 5.74) is 0.165. The van der Waals surface area contributed by atoms with Gasteiger partial charge in [-0.3, -0.25) is 0 Å². The van der Waals surface area contributed by atoms with E-state index >= 15 is 0 Å². The van der Waals surface area contributed by atoms with Crippen LogP contribution in [0, 0.1) is 5.39 Å². The van der Waals surface area contributed by atoms with Crippen LogP contribution in [0.3, 0.4) is 0 Å². The number of aliphatic hydroxyl groups excluding tert-OH is 1. The van der Waals surface area contributed by atoms with Crippen LogP contribution in [-0.2, 0) is 14.3 Å². The number of benzene rings is 1. The lowest BCUT2D eigenvalue weighted by Gasteiger charge is -2.14. The summed E-state index contributed by atoms with van der Waals surface area (Å²) in [6.07, 6.45) is 0.0546. The van der Waals surface area contributed by atoms with E-state index in [2.05, 4.69) is 4.98 Å². The van der Waals surface area contributed by atoms with Crippen LogP contribution < -0.4 is 0 Å². The largest absolute Gasteiger partial charge is 0.547 e. The number of rotatable bonds is 6. The van der Waals surface area contributed by atoms with Crippen LogP contribution in [0.4, 0.5) is 0 Å². The fourth-order valence-electron chi connectivity index (χ4n) is 1.62. The van der Waals surface area contributed by atoms with Crippen LogP contribution in [0.5, 0.6) is 0 Å². The Kier molecular flexibility index (Phi) is 6.04. The first kappa shape index (κ1) is 15.5. The van der Waals surface area contributed by atoms with Gasteiger partial charge in [-0.05, 0) is 18.9 Å². The molecule has 1 atom stereocenters. The SMILES string of the molecule is CCO/C(O)=C(/[N+]#N)C(=O)O[C@@H](CC)c1ccccc1. The molecule has 0 amide bonds. The second-order valence-electron chi connectivity index (χ2n) is 3.90. The summed E-state index contributed by atoms with van der Waals surface area (Å²) in [6.45, 7) is 3.61. The number of carbonyl (C=O) groups excluding carboxylic acids is 1. The average molecular weight is 277 g/mol. The third kappa shape index (κ3) is 3.99. The fourth-order valence-corrected chi connectivity index (χ4v) is 1.62. The van der Waals surface area contributed by atoms with Gasteiger partial charge in [-0.2, -0.15) is 0 Å². The van der Waals surface area contributed by atoms with Gasteiger partial charge in [0, 0.05) is 0 Å². The molecule has 0 radical (unpaired) electrons. The molecule has 0 aromatic heterocycles. The van der Waals surface area contributed by atoms with Gasteiger partial charge in [0.25, 0.3) is 0 Å². The molecule has 0 aliphatic carbocycles. The van der Waals surface area contributed by atoms with E-state index < -0.39 is 23.7 Å². The summed E-state index contributed by atoms with van der Waals surface area (Å²) in [4.78, 5) is 14.6. The van der Waals surface area contributed by atoms with Gasteiger partial charge in [0.1, 0.15) is 6.10 Å². The van der Waals surface area contributed by atoms with Crippen LogP contribution in [0.15, 0.2) is 42.0 Å². The molecule has 1 aromatic rings. The molecule has 106 valence electrons. The van der Waals surface area contributed by atoms with Crippen LogP contribution in [0.2, 0.25) is 0 Å². The zero-order chi connectivity index (χ0) is 15.0. The number of esters is 1. The number of ether oxygens (including phenoxy) is 2. The molecular formula is C14H17N2O4+. The molecule has 1 aromatic carbocycles. The lowest BCUT2D eigenvalue weighted by Crippen LogP contribution is -2.14. The normalized spacial score (nSPS) is 12.8. The zero-order valence-electron chi connectivity index (χ0n) is 11.4. The number of aliphatic hydroxyl groups is 1. The van der Waals surface area contributed by atoms with Crippen molar-refractivity contribution in [2.75, 3.05) is 6.61 Å². The molecule has 0 aliphatic heterocycles. The zero-order valence-corrected chi connectivity index (χ0v) is 11.4. The van der Waals surface area contributed by atoms with E-state index in [1.807, 2.05) is 37.3 Å². The van der Waals surface area contributed by atoms with E-state index in [-0.39, 0.29) is 6.61 Å². The van der Waals surface area contributed by atoms with Crippen molar-refractivity contribution in [1.29, 1.82) is 5.39 Å². The third-order valence-corrected chi connectivity index (χ3v) is 2.57. The molecule has 0 fully saturated rings. The average Bonchev–Trinajstić information content (AvgIpc) is 2.46. The van der Waals surface area contributed by atoms with Crippen molar-refractivity contribution in [2.24, 2.45) is 0 Å². The summed E-state index contributed by atoms with van der Waals surface area (Å²) >= 11 is 0. The van der Waals surface area contributed by atoms with Gasteiger partial charge < -0.3 is 14.6 Å². The lowest BCUT2D eigenvalue weighted by molar-refractivity contribution is -0.145. The second-order valence-corrected chi connectivity index (χ2v) is 3.90. The first-order chi connectivity index (χ1) is 9.63. The van der Waals surface area contributed by atoms with Crippen LogP contribution in [-0.4, -0.2) is 17.7 Å². The Hall–Kier alpha value is -2.55. The van der Waals surface area contributed by atoms with Gasteiger partial charge in [0.2, 0.25) is 5.39 Å². The summed E-state index contributed by atoms with van der Waals surface area (Å²) in [5.74, 6) is -1.71. The number of diazo groups is 1. The molecule has 0 bridgehead atoms. The number of carbonyl (C=O) groups is 1. The maximum Gasteiger partial charge on any atom is 0.547 e. The van der Waals surface area contributed by atoms with Crippen LogP contribution in [0.25, 0.3) is 4.98 Å². The molecule has 1 N–H and O–H groups in total. The van der Waals surface area contributed by atoms with E-state index in [1.165, 1.54) is 0 Å². The molecule has 0 saturated carbocycles. The van der Waals surface area contributed by atoms with Crippen molar-refractivity contribution < 1.29 is 19.4 Å². The summed E-state index contributed by atoms with van der Waals surface area (Å²) < 4.78 is 9.93. The molecule has 0 unspecified atom stereocenters. The molecule has 0 heterocycles. The highest BCUT2D eigenvalue weighted by Crippen LogP contribution is 2.22. The standard InChI is InChI=1S/C14H16N2O4/c1-3-11(10-8-6-5-7-9-10)20-14(18)12(16-15)13(17)19-4-2/h5-9,11H,3-4H2,1-2H3/p+1/t11-/m0/s1. The van der Waals surface area contributed by atoms with Crippen molar-refractivity contribution in [1.82, 2.24) is 0 Å². The smallest absolute Gasteiger partial charge is 0.475 e. The monoisotopic (exact) mass is 277 g/mol. The Balaban J connectivity index is 2.88. The molecule has 1 rings (SSSR count). The highest BCUT2D eigenvalue weighted by Gasteiger charge is 2.34. The Bertz CT molecular complexity index is 520. The van der Waals surface area contributed by atoms with E-state index in [1.54, 1.807) is 6.92 Å². The first-order valence-electron chi connectivity index (χ1n) is 6.31. The van der Waals surface area contributed by atoms with Crippen molar-refractivity contribution >= 4 is 5.97 Å². The number of hydrogen-bond acceptors (Lipinski definition) is 5. The Labute approximate surface area is 117 Å². The summed E-state index contributed by atoms with van der Waals surface area (Å²) in [5, 5.41) is 18.2. The molecule has 6 nitrogen and oxygen atoms in total. The predicted molar refractivity (Wildman–Crippen MR) is 71.9 cm³/mol. The van der Waals surface area contributed by atoms with Gasteiger partial charge in [0.15, 0.2) is 4.98 Å². The third-order valence-electron chi connectivity index (χ3n) is 2.57. The summed E-state index contributed by atoms with van der Waals surface area (Å²) in [7, 11) is 0. The van der Waals surface area contributed by atoms with Gasteiger partial charge in [-0.1, -0.05) is 37.3 Å². The minimum Gasteiger partial charge on any atom is -0.475 e. The lowest BCUT2D eigenvalue weighted by atomic mass is 10.1. The highest BCUT2D eigenvalue weighted by molar-refractivity contribution is 5.90.